The second-order valence-corrected chi connectivity index (χ2v) is 14.6. The van der Waals surface area contributed by atoms with Gasteiger partial charge in [0.15, 0.2) is 5.78 Å². The maximum atomic E-state index is 14.8. The summed E-state index contributed by atoms with van der Waals surface area (Å²) in [6, 6.07) is 7.02. The molecule has 1 saturated heterocycles. The van der Waals surface area contributed by atoms with Gasteiger partial charge in [-0.3, -0.25) is 14.5 Å². The number of piperidine rings is 1. The number of nitrogens with zero attached hydrogens (tertiary/aromatic N) is 1. The van der Waals surface area contributed by atoms with Crippen LogP contribution in [0.25, 0.3) is 0 Å². The lowest BCUT2D eigenvalue weighted by Crippen LogP contribution is -2.77. The molecule has 45 heavy (non-hydrogen) atoms. The number of carbonyl (C=O) groups excluding carboxylic acids is 2. The molecule has 1 unspecified atom stereocenters. The van der Waals surface area contributed by atoms with Crippen molar-refractivity contribution in [3.63, 3.8) is 0 Å². The van der Waals surface area contributed by atoms with Crippen LogP contribution in [0, 0.1) is 40.4 Å². The fourth-order valence-corrected chi connectivity index (χ4v) is 12.7. The van der Waals surface area contributed by atoms with E-state index < -0.39 is 40.5 Å². The Kier molecular flexibility index (Phi) is 7.51. The number of ketones is 1. The first-order valence-electron chi connectivity index (χ1n) is 16.5. The van der Waals surface area contributed by atoms with Gasteiger partial charge in [-0.05, 0) is 56.0 Å². The average molecular weight is 628 g/mol. The molecule has 0 radical (unpaired) electrons. The number of aliphatic hydroxyl groups is 1. The van der Waals surface area contributed by atoms with Gasteiger partial charge in [-0.15, -0.1) is 0 Å². The van der Waals surface area contributed by atoms with E-state index in [4.69, 9.17) is 28.4 Å². The zero-order valence-electron chi connectivity index (χ0n) is 27.6. The molecule has 1 spiro atoms. The molecular weight excluding hydrogens is 578 g/mol. The molecule has 10 nitrogen and oxygen atoms in total. The van der Waals surface area contributed by atoms with Crippen molar-refractivity contribution in [2.24, 2.45) is 40.4 Å². The Hall–Kier alpha value is -2.08. The van der Waals surface area contributed by atoms with Crippen molar-refractivity contribution >= 4 is 11.8 Å². The predicted molar refractivity (Wildman–Crippen MR) is 163 cm³/mol. The van der Waals surface area contributed by atoms with Crippen molar-refractivity contribution in [3.05, 3.63) is 29.8 Å². The number of hydrogen-bond donors (Lipinski definition) is 1. The van der Waals surface area contributed by atoms with E-state index in [2.05, 4.69) is 11.8 Å². The van der Waals surface area contributed by atoms with Crippen LogP contribution in [0.5, 0.6) is 5.75 Å². The van der Waals surface area contributed by atoms with Crippen LogP contribution in [0.15, 0.2) is 24.3 Å². The molecule has 1 aliphatic heterocycles. The Morgan fingerprint density at radius 3 is 2.27 bits per heavy atom. The van der Waals surface area contributed by atoms with Crippen LogP contribution in [0.1, 0.15) is 49.9 Å². The summed E-state index contributed by atoms with van der Waals surface area (Å²) in [6.45, 7) is 5.86. The van der Waals surface area contributed by atoms with Crippen LogP contribution in [0.4, 0.5) is 0 Å². The highest BCUT2D eigenvalue weighted by molar-refractivity contribution is 5.99. The summed E-state index contributed by atoms with van der Waals surface area (Å²) in [4.78, 5) is 30.7. The van der Waals surface area contributed by atoms with E-state index in [0.29, 0.717) is 30.8 Å². The Labute approximate surface area is 266 Å². The van der Waals surface area contributed by atoms with Crippen molar-refractivity contribution < 1.29 is 43.1 Å². The number of Topliss-reactive ketones (excluding diaryl/α,β-unsaturated/α-hetero) is 1. The third kappa shape index (κ3) is 3.72. The van der Waals surface area contributed by atoms with Crippen LogP contribution in [-0.2, 0) is 28.5 Å². The number of esters is 1. The molecule has 10 heteroatoms. The first-order chi connectivity index (χ1) is 21.6. The minimum atomic E-state index is -1.46. The van der Waals surface area contributed by atoms with Crippen LogP contribution >= 0.6 is 0 Å². The summed E-state index contributed by atoms with van der Waals surface area (Å²) < 4.78 is 37.3. The van der Waals surface area contributed by atoms with Crippen molar-refractivity contribution in [2.75, 3.05) is 55.2 Å². The van der Waals surface area contributed by atoms with Crippen LogP contribution in [-0.4, -0.2) is 113 Å². The van der Waals surface area contributed by atoms with E-state index in [-0.39, 0.29) is 47.2 Å². The number of rotatable bonds is 10. The van der Waals surface area contributed by atoms with Crippen molar-refractivity contribution in [1.29, 1.82) is 0 Å². The Bertz CT molecular complexity index is 1340. The summed E-state index contributed by atoms with van der Waals surface area (Å²) in [7, 11) is 8.52. The molecule has 7 rings (SSSR count). The highest BCUT2D eigenvalue weighted by Gasteiger charge is 2.89. The molecule has 1 N–H and O–H groups in total. The SMILES string of the molecule is CCN1C[C@]2(COC)CC[C@H](OC)[C@]34C1[C@@H]([C@H](OC)[C@H]23)[C@@]1(OC(C)=O)C[C@H](OC)[C@]2(O)C[C@@H]4[C@@H]1[C@H]2C(=O)c1ccc(OC)cc1. The quantitative estimate of drug-likeness (QED) is 0.307. The summed E-state index contributed by atoms with van der Waals surface area (Å²) >= 11 is 0. The number of benzene rings is 1. The average Bonchev–Trinajstić information content (AvgIpc) is 3.43. The van der Waals surface area contributed by atoms with E-state index in [1.165, 1.54) is 6.92 Å². The summed E-state index contributed by atoms with van der Waals surface area (Å²) in [5, 5.41) is 12.9. The summed E-state index contributed by atoms with van der Waals surface area (Å²) in [5.41, 5.74) is -2.76. The van der Waals surface area contributed by atoms with Gasteiger partial charge in [0.05, 0.1) is 37.9 Å². The topological polar surface area (TPSA) is 113 Å². The van der Waals surface area contributed by atoms with Crippen LogP contribution in [0.2, 0.25) is 0 Å². The zero-order valence-corrected chi connectivity index (χ0v) is 27.6. The molecule has 248 valence electrons. The fourth-order valence-electron chi connectivity index (χ4n) is 12.7. The predicted octanol–water partition coefficient (Wildman–Crippen LogP) is 2.99. The first kappa shape index (κ1) is 31.5. The van der Waals surface area contributed by atoms with E-state index in [9.17, 15) is 14.7 Å². The highest BCUT2D eigenvalue weighted by atomic mass is 16.6. The van der Waals surface area contributed by atoms with E-state index in [1.807, 2.05) is 0 Å². The van der Waals surface area contributed by atoms with E-state index in [1.54, 1.807) is 59.8 Å². The lowest BCUT2D eigenvalue weighted by atomic mass is 9.42. The van der Waals surface area contributed by atoms with Crippen molar-refractivity contribution in [2.45, 2.75) is 75.1 Å². The molecule has 7 bridgehead atoms. The number of ether oxygens (including phenoxy) is 6. The van der Waals surface area contributed by atoms with Gasteiger partial charge in [0.25, 0.3) is 0 Å². The number of carbonyl (C=O) groups is 2. The molecule has 0 aromatic heterocycles. The van der Waals surface area contributed by atoms with Crippen LogP contribution < -0.4 is 4.74 Å². The van der Waals surface area contributed by atoms with Gasteiger partial charge < -0.3 is 33.5 Å². The van der Waals surface area contributed by atoms with Gasteiger partial charge in [-0.2, -0.15) is 0 Å². The zero-order chi connectivity index (χ0) is 32.1. The fraction of sp³-hybridized carbons (Fsp3) is 0.771. The molecular formula is C35H49NO9. The lowest BCUT2D eigenvalue weighted by Gasteiger charge is -2.69. The summed E-state index contributed by atoms with van der Waals surface area (Å²) in [6.07, 6.45) is 1.28. The molecule has 6 aliphatic rings. The second-order valence-electron chi connectivity index (χ2n) is 14.6. The standard InChI is InChI=1S/C35H49NO9/c1-8-36-17-32(18-40-3)14-13-23(42-5)35-22-15-33(39)24(43-6)16-34(45-19(2)37,27(31(35)36)29(44-7)30(32)35)25(22)26(33)28(38)20-9-11-21(41-4)12-10-20/h9-12,22-27,29-31,39H,8,13-18H2,1-7H3/t22-,23+,24+,25-,26+,27-,29+,30-,31?,32+,33-,34-,35+/m1/s1. The van der Waals surface area contributed by atoms with E-state index >= 15 is 0 Å². The smallest absolute Gasteiger partial charge is 0.303 e. The van der Waals surface area contributed by atoms with Gasteiger partial charge in [0, 0.05) is 88.5 Å². The first-order valence-corrected chi connectivity index (χ1v) is 16.5. The third-order valence-electron chi connectivity index (χ3n) is 13.5. The van der Waals surface area contributed by atoms with Gasteiger partial charge in [0.2, 0.25) is 0 Å². The van der Waals surface area contributed by atoms with Crippen molar-refractivity contribution in [3.8, 4) is 5.75 Å². The minimum absolute atomic E-state index is 0.0227. The Morgan fingerprint density at radius 2 is 1.69 bits per heavy atom. The van der Waals surface area contributed by atoms with Gasteiger partial charge in [0.1, 0.15) is 17.0 Å². The third-order valence-corrected chi connectivity index (χ3v) is 13.5. The number of hydrogen-bond acceptors (Lipinski definition) is 10. The molecule has 5 saturated carbocycles. The van der Waals surface area contributed by atoms with E-state index in [0.717, 1.165) is 25.9 Å². The molecule has 5 aliphatic carbocycles. The Morgan fingerprint density at radius 1 is 0.978 bits per heavy atom. The number of fused-ring (bicyclic) bond motifs is 2. The maximum absolute atomic E-state index is 14.8. The molecule has 13 atom stereocenters. The van der Waals surface area contributed by atoms with Crippen LogP contribution in [0.3, 0.4) is 0 Å². The minimum Gasteiger partial charge on any atom is -0.497 e. The van der Waals surface area contributed by atoms with Gasteiger partial charge in [-0.1, -0.05) is 6.92 Å². The summed E-state index contributed by atoms with van der Waals surface area (Å²) in [5.74, 6) is -1.66. The maximum Gasteiger partial charge on any atom is 0.303 e. The largest absolute Gasteiger partial charge is 0.497 e. The second kappa shape index (κ2) is 10.7. The molecule has 0 amide bonds. The molecule has 1 heterocycles. The van der Waals surface area contributed by atoms with Gasteiger partial charge >= 0.3 is 5.97 Å². The molecule has 1 aromatic rings. The number of methoxy groups -OCH3 is 5. The lowest BCUT2D eigenvalue weighted by molar-refractivity contribution is -0.277. The monoisotopic (exact) mass is 627 g/mol. The molecule has 1 aromatic carbocycles. The highest BCUT2D eigenvalue weighted by Crippen LogP contribution is 2.81. The Balaban J connectivity index is 1.52. The normalized spacial score (nSPS) is 47.4. The van der Waals surface area contributed by atoms with Crippen molar-refractivity contribution in [1.82, 2.24) is 4.90 Å². The van der Waals surface area contributed by atoms with Gasteiger partial charge in [-0.25, -0.2) is 0 Å². The molecule has 6 fully saturated rings. The number of likely N-dealkylation sites (tertiary alicyclic amines) is 1.